The van der Waals surface area contributed by atoms with Crippen molar-refractivity contribution in [2.75, 3.05) is 13.1 Å². The molecule has 1 aromatic rings. The third-order valence-corrected chi connectivity index (χ3v) is 4.17. The lowest BCUT2D eigenvalue weighted by molar-refractivity contribution is 0.307. The summed E-state index contributed by atoms with van der Waals surface area (Å²) >= 11 is 3.36. The number of phenols is 1. The van der Waals surface area contributed by atoms with Crippen molar-refractivity contribution in [2.24, 2.45) is 5.92 Å². The fourth-order valence-electron chi connectivity index (χ4n) is 2.63. The van der Waals surface area contributed by atoms with Crippen LogP contribution in [-0.4, -0.2) is 23.1 Å². The third kappa shape index (κ3) is 3.23. The van der Waals surface area contributed by atoms with Crippen LogP contribution < -0.4 is 0 Å². The van der Waals surface area contributed by atoms with E-state index in [-0.39, 0.29) is 0 Å². The van der Waals surface area contributed by atoms with Gasteiger partial charge in [0.2, 0.25) is 0 Å². The average molecular weight is 298 g/mol. The molecule has 2 nitrogen and oxygen atoms in total. The largest absolute Gasteiger partial charge is 0.506 e. The van der Waals surface area contributed by atoms with Gasteiger partial charge in [0.1, 0.15) is 5.75 Å². The zero-order chi connectivity index (χ0) is 12.3. The number of para-hydroxylation sites is 1. The first-order valence-electron chi connectivity index (χ1n) is 6.39. The molecule has 3 heteroatoms. The second-order valence-electron chi connectivity index (χ2n) is 4.93. The van der Waals surface area contributed by atoms with Crippen molar-refractivity contribution in [3.05, 3.63) is 28.2 Å². The molecule has 0 bridgehead atoms. The normalized spacial score (nSPS) is 20.9. The Balaban J connectivity index is 1.96. The van der Waals surface area contributed by atoms with Gasteiger partial charge in [-0.25, -0.2) is 0 Å². The predicted molar refractivity (Wildman–Crippen MR) is 74.1 cm³/mol. The molecule has 1 aliphatic rings. The lowest BCUT2D eigenvalue weighted by Crippen LogP contribution is -2.20. The van der Waals surface area contributed by atoms with E-state index >= 15 is 0 Å². The van der Waals surface area contributed by atoms with Crippen LogP contribution in [0.2, 0.25) is 0 Å². The number of benzene rings is 1. The van der Waals surface area contributed by atoms with Crippen molar-refractivity contribution in [3.8, 4) is 5.75 Å². The average Bonchev–Trinajstić information content (AvgIpc) is 2.73. The minimum atomic E-state index is 0.395. The summed E-state index contributed by atoms with van der Waals surface area (Å²) in [6.07, 6.45) is 3.92. The monoisotopic (exact) mass is 297 g/mol. The van der Waals surface area contributed by atoms with Crippen molar-refractivity contribution < 1.29 is 5.11 Å². The van der Waals surface area contributed by atoms with E-state index in [0.717, 1.165) is 29.0 Å². The van der Waals surface area contributed by atoms with Crippen molar-refractivity contribution >= 4 is 15.9 Å². The molecule has 1 saturated heterocycles. The molecule has 94 valence electrons. The Morgan fingerprint density at radius 1 is 1.47 bits per heavy atom. The van der Waals surface area contributed by atoms with E-state index in [4.69, 9.17) is 0 Å². The minimum absolute atomic E-state index is 0.395. The van der Waals surface area contributed by atoms with Crippen LogP contribution in [0.5, 0.6) is 5.75 Å². The quantitative estimate of drug-likeness (QED) is 0.914. The molecule has 0 aliphatic carbocycles. The number of phenolic OH excluding ortho intramolecular Hbond substituents is 1. The maximum absolute atomic E-state index is 9.95. The maximum Gasteiger partial charge on any atom is 0.134 e. The SMILES string of the molecule is CCCC1CCN(Cc2cccc(Br)c2O)C1. The summed E-state index contributed by atoms with van der Waals surface area (Å²) in [6.45, 7) is 5.46. The Bertz CT molecular complexity index is 380. The fraction of sp³-hybridized carbons (Fsp3) is 0.571. The molecule has 1 N–H and O–H groups in total. The number of aromatic hydroxyl groups is 1. The van der Waals surface area contributed by atoms with Crippen molar-refractivity contribution in [2.45, 2.75) is 32.7 Å². The van der Waals surface area contributed by atoms with Crippen LogP contribution in [-0.2, 0) is 6.54 Å². The van der Waals surface area contributed by atoms with Crippen LogP contribution in [0.3, 0.4) is 0 Å². The molecule has 1 unspecified atom stereocenters. The lowest BCUT2D eigenvalue weighted by Gasteiger charge is -2.17. The summed E-state index contributed by atoms with van der Waals surface area (Å²) in [7, 11) is 0. The Morgan fingerprint density at radius 3 is 3.06 bits per heavy atom. The number of halogens is 1. The van der Waals surface area contributed by atoms with Crippen molar-refractivity contribution in [3.63, 3.8) is 0 Å². The number of likely N-dealkylation sites (tertiary alicyclic amines) is 1. The van der Waals surface area contributed by atoms with Gasteiger partial charge >= 0.3 is 0 Å². The number of rotatable bonds is 4. The molecule has 0 aromatic heterocycles. The molecule has 1 atom stereocenters. The topological polar surface area (TPSA) is 23.5 Å². The zero-order valence-corrected chi connectivity index (χ0v) is 11.9. The standard InChI is InChI=1S/C14H20BrNO/c1-2-4-11-7-8-16(9-11)10-12-5-3-6-13(15)14(12)17/h3,5-6,11,17H,2,4,7-10H2,1H3. The number of nitrogens with zero attached hydrogens (tertiary/aromatic N) is 1. The Labute approximate surface area is 112 Å². The smallest absolute Gasteiger partial charge is 0.134 e. The molecular weight excluding hydrogens is 278 g/mol. The molecule has 0 saturated carbocycles. The van der Waals surface area contributed by atoms with Gasteiger partial charge in [0, 0.05) is 18.7 Å². The first-order valence-corrected chi connectivity index (χ1v) is 7.18. The van der Waals surface area contributed by atoms with Crippen molar-refractivity contribution in [1.29, 1.82) is 0 Å². The molecule has 17 heavy (non-hydrogen) atoms. The summed E-state index contributed by atoms with van der Waals surface area (Å²) in [4.78, 5) is 2.45. The second kappa shape index (κ2) is 5.87. The first kappa shape index (κ1) is 12.9. The van der Waals surface area contributed by atoms with E-state index in [0.29, 0.717) is 5.75 Å². The van der Waals surface area contributed by atoms with E-state index in [9.17, 15) is 5.11 Å². The lowest BCUT2D eigenvalue weighted by atomic mass is 10.0. The molecule has 0 amide bonds. The maximum atomic E-state index is 9.95. The molecule has 0 spiro atoms. The highest BCUT2D eigenvalue weighted by Crippen LogP contribution is 2.30. The summed E-state index contributed by atoms with van der Waals surface area (Å²) in [5.74, 6) is 1.25. The van der Waals surface area contributed by atoms with Gasteiger partial charge in [-0.05, 0) is 47.3 Å². The van der Waals surface area contributed by atoms with Gasteiger partial charge in [0.25, 0.3) is 0 Å². The Hall–Kier alpha value is -0.540. The molecule has 1 fully saturated rings. The van der Waals surface area contributed by atoms with Gasteiger partial charge in [-0.1, -0.05) is 25.5 Å². The van der Waals surface area contributed by atoms with Gasteiger partial charge in [-0.3, -0.25) is 4.90 Å². The Morgan fingerprint density at radius 2 is 2.29 bits per heavy atom. The molecule has 0 radical (unpaired) electrons. The van der Waals surface area contributed by atoms with Gasteiger partial charge in [-0.2, -0.15) is 0 Å². The van der Waals surface area contributed by atoms with Crippen LogP contribution in [0.1, 0.15) is 31.7 Å². The van der Waals surface area contributed by atoms with E-state index in [2.05, 4.69) is 27.8 Å². The van der Waals surface area contributed by atoms with Crippen LogP contribution in [0.15, 0.2) is 22.7 Å². The van der Waals surface area contributed by atoms with Crippen LogP contribution >= 0.6 is 15.9 Å². The van der Waals surface area contributed by atoms with E-state index in [1.165, 1.54) is 25.8 Å². The van der Waals surface area contributed by atoms with Crippen LogP contribution in [0.4, 0.5) is 0 Å². The Kier molecular flexibility index (Phi) is 4.46. The summed E-state index contributed by atoms with van der Waals surface area (Å²) in [5.41, 5.74) is 1.02. The molecule has 1 aromatic carbocycles. The highest BCUT2D eigenvalue weighted by Gasteiger charge is 2.22. The zero-order valence-electron chi connectivity index (χ0n) is 10.3. The predicted octanol–water partition coefficient (Wildman–Crippen LogP) is 3.78. The summed E-state index contributed by atoms with van der Waals surface area (Å²) in [5, 5.41) is 9.95. The number of hydrogen-bond acceptors (Lipinski definition) is 2. The minimum Gasteiger partial charge on any atom is -0.506 e. The summed E-state index contributed by atoms with van der Waals surface area (Å²) < 4.78 is 0.791. The molecule has 1 aliphatic heterocycles. The molecule has 1 heterocycles. The highest BCUT2D eigenvalue weighted by atomic mass is 79.9. The number of hydrogen-bond donors (Lipinski definition) is 1. The van der Waals surface area contributed by atoms with Gasteiger partial charge in [-0.15, -0.1) is 0 Å². The molecule has 2 rings (SSSR count). The van der Waals surface area contributed by atoms with E-state index < -0.39 is 0 Å². The van der Waals surface area contributed by atoms with E-state index in [1.54, 1.807) is 0 Å². The van der Waals surface area contributed by atoms with Gasteiger partial charge < -0.3 is 5.11 Å². The molecular formula is C14H20BrNO. The third-order valence-electron chi connectivity index (χ3n) is 3.53. The summed E-state index contributed by atoms with van der Waals surface area (Å²) in [6, 6.07) is 5.87. The van der Waals surface area contributed by atoms with Crippen LogP contribution in [0, 0.1) is 5.92 Å². The van der Waals surface area contributed by atoms with Gasteiger partial charge in [0.05, 0.1) is 4.47 Å². The van der Waals surface area contributed by atoms with Gasteiger partial charge in [0.15, 0.2) is 0 Å². The van der Waals surface area contributed by atoms with Crippen molar-refractivity contribution in [1.82, 2.24) is 4.90 Å². The van der Waals surface area contributed by atoms with E-state index in [1.807, 2.05) is 18.2 Å². The fourth-order valence-corrected chi connectivity index (χ4v) is 3.04. The highest BCUT2D eigenvalue weighted by molar-refractivity contribution is 9.10. The first-order chi connectivity index (χ1) is 8.20. The van der Waals surface area contributed by atoms with Crippen LogP contribution in [0.25, 0.3) is 0 Å². The second-order valence-corrected chi connectivity index (χ2v) is 5.78.